The van der Waals surface area contributed by atoms with Gasteiger partial charge in [-0.1, -0.05) is 13.0 Å². The summed E-state index contributed by atoms with van der Waals surface area (Å²) in [5, 5.41) is 0. The summed E-state index contributed by atoms with van der Waals surface area (Å²) in [5.41, 5.74) is 3.93. The zero-order valence-electron chi connectivity index (χ0n) is 10.9. The molecule has 0 heterocycles. The van der Waals surface area contributed by atoms with Gasteiger partial charge < -0.3 is 4.74 Å². The summed E-state index contributed by atoms with van der Waals surface area (Å²) in [4.78, 5) is 0. The summed E-state index contributed by atoms with van der Waals surface area (Å²) in [5.74, 6) is 5.33. The molecule has 3 N–H and O–H groups in total. The molecule has 0 fully saturated rings. The van der Waals surface area contributed by atoms with Crippen LogP contribution < -0.4 is 11.3 Å². The Balaban J connectivity index is 3.17. The first-order valence-corrected chi connectivity index (χ1v) is 5.75. The maximum atomic E-state index is 13.4. The highest BCUT2D eigenvalue weighted by Gasteiger charge is 2.33. The fraction of sp³-hybridized carbons (Fsp3) is 0.538. The van der Waals surface area contributed by atoms with Crippen molar-refractivity contribution in [1.29, 1.82) is 0 Å². The molecule has 1 rings (SSSR count). The quantitative estimate of drug-likeness (QED) is 0.614. The second-order valence-corrected chi connectivity index (χ2v) is 4.53. The van der Waals surface area contributed by atoms with Crippen LogP contribution in [0.2, 0.25) is 0 Å². The largest absolute Gasteiger partial charge is 0.376 e. The van der Waals surface area contributed by atoms with E-state index < -0.39 is 5.60 Å². The first-order valence-electron chi connectivity index (χ1n) is 5.75. The molecule has 1 aromatic rings. The van der Waals surface area contributed by atoms with Crippen LogP contribution in [0.5, 0.6) is 0 Å². The topological polar surface area (TPSA) is 47.3 Å². The Labute approximate surface area is 102 Å². The van der Waals surface area contributed by atoms with Crippen LogP contribution in [0.4, 0.5) is 4.39 Å². The molecule has 0 radical (unpaired) electrons. The highest BCUT2D eigenvalue weighted by molar-refractivity contribution is 5.28. The average Bonchev–Trinajstić information content (AvgIpc) is 2.28. The van der Waals surface area contributed by atoms with Crippen LogP contribution in [-0.2, 0) is 4.74 Å². The van der Waals surface area contributed by atoms with E-state index in [2.05, 4.69) is 5.43 Å². The Morgan fingerprint density at radius 3 is 2.53 bits per heavy atom. The van der Waals surface area contributed by atoms with E-state index in [0.717, 1.165) is 17.5 Å². The molecular formula is C13H21FN2O. The Morgan fingerprint density at radius 2 is 2.12 bits per heavy atom. The molecule has 0 saturated heterocycles. The number of hydrazine groups is 1. The lowest BCUT2D eigenvalue weighted by Gasteiger charge is -2.35. The molecule has 0 aliphatic rings. The van der Waals surface area contributed by atoms with Crippen LogP contribution in [-0.4, -0.2) is 12.7 Å². The van der Waals surface area contributed by atoms with Crippen molar-refractivity contribution in [2.24, 2.45) is 5.84 Å². The van der Waals surface area contributed by atoms with Gasteiger partial charge in [-0.15, -0.1) is 0 Å². The van der Waals surface area contributed by atoms with E-state index in [1.807, 2.05) is 26.8 Å². The molecule has 1 aromatic carbocycles. The van der Waals surface area contributed by atoms with Crippen molar-refractivity contribution in [3.8, 4) is 0 Å². The van der Waals surface area contributed by atoms with E-state index in [0.29, 0.717) is 0 Å². The van der Waals surface area contributed by atoms with Crippen molar-refractivity contribution in [1.82, 2.24) is 5.43 Å². The van der Waals surface area contributed by atoms with E-state index in [1.165, 1.54) is 12.1 Å². The monoisotopic (exact) mass is 240 g/mol. The minimum absolute atomic E-state index is 0.244. The molecule has 0 bridgehead atoms. The van der Waals surface area contributed by atoms with Gasteiger partial charge in [0, 0.05) is 7.11 Å². The third-order valence-electron chi connectivity index (χ3n) is 3.34. The number of hydrogen-bond donors (Lipinski definition) is 2. The molecule has 0 spiro atoms. The van der Waals surface area contributed by atoms with Gasteiger partial charge in [-0.3, -0.25) is 11.3 Å². The van der Waals surface area contributed by atoms with E-state index in [-0.39, 0.29) is 11.9 Å². The zero-order chi connectivity index (χ0) is 13.1. The highest BCUT2D eigenvalue weighted by atomic mass is 19.1. The number of aryl methyl sites for hydroxylation is 1. The average molecular weight is 240 g/mol. The van der Waals surface area contributed by atoms with Crippen LogP contribution in [0.15, 0.2) is 18.2 Å². The van der Waals surface area contributed by atoms with Crippen LogP contribution >= 0.6 is 0 Å². The first-order chi connectivity index (χ1) is 7.96. The van der Waals surface area contributed by atoms with Crippen molar-refractivity contribution in [3.05, 3.63) is 35.1 Å². The van der Waals surface area contributed by atoms with Gasteiger partial charge in [-0.25, -0.2) is 4.39 Å². The third-order valence-corrected chi connectivity index (χ3v) is 3.34. The summed E-state index contributed by atoms with van der Waals surface area (Å²) >= 11 is 0. The number of rotatable bonds is 5. The van der Waals surface area contributed by atoms with Gasteiger partial charge in [-0.05, 0) is 43.5 Å². The Hall–Kier alpha value is -0.970. The van der Waals surface area contributed by atoms with Gasteiger partial charge in [0.1, 0.15) is 5.82 Å². The number of hydrogen-bond acceptors (Lipinski definition) is 3. The number of benzene rings is 1. The molecule has 2 atom stereocenters. The van der Waals surface area contributed by atoms with Crippen molar-refractivity contribution < 1.29 is 9.13 Å². The van der Waals surface area contributed by atoms with Crippen LogP contribution in [0.3, 0.4) is 0 Å². The molecule has 0 aliphatic heterocycles. The summed E-state index contributed by atoms with van der Waals surface area (Å²) in [6.07, 6.45) is 0.772. The molecule has 2 unspecified atom stereocenters. The van der Waals surface area contributed by atoms with Gasteiger partial charge in [-0.2, -0.15) is 0 Å². The van der Waals surface area contributed by atoms with Gasteiger partial charge in [0.05, 0.1) is 11.6 Å². The van der Waals surface area contributed by atoms with Crippen LogP contribution in [0.1, 0.15) is 37.4 Å². The summed E-state index contributed by atoms with van der Waals surface area (Å²) in [7, 11) is 1.64. The second-order valence-electron chi connectivity index (χ2n) is 4.53. The number of methoxy groups -OCH3 is 1. The second kappa shape index (κ2) is 5.58. The predicted octanol–water partition coefficient (Wildman–Crippen LogP) is 2.45. The normalized spacial score (nSPS) is 16.6. The molecule has 0 aromatic heterocycles. The lowest BCUT2D eigenvalue weighted by molar-refractivity contribution is -0.0301. The fourth-order valence-electron chi connectivity index (χ4n) is 2.02. The molecule has 0 aliphatic carbocycles. The van der Waals surface area contributed by atoms with Crippen LogP contribution in [0.25, 0.3) is 0 Å². The zero-order valence-corrected chi connectivity index (χ0v) is 10.9. The van der Waals surface area contributed by atoms with Crippen molar-refractivity contribution in [3.63, 3.8) is 0 Å². The Morgan fingerprint density at radius 1 is 1.47 bits per heavy atom. The Kier molecular flexibility index (Phi) is 4.62. The van der Waals surface area contributed by atoms with E-state index >= 15 is 0 Å². The highest BCUT2D eigenvalue weighted by Crippen LogP contribution is 2.31. The number of halogens is 1. The van der Waals surface area contributed by atoms with Gasteiger partial charge in [0.2, 0.25) is 0 Å². The van der Waals surface area contributed by atoms with E-state index in [4.69, 9.17) is 10.6 Å². The summed E-state index contributed by atoms with van der Waals surface area (Å²) in [6.45, 7) is 5.83. The lowest BCUT2D eigenvalue weighted by Crippen LogP contribution is -2.45. The fourth-order valence-corrected chi connectivity index (χ4v) is 2.02. The number of nitrogens with one attached hydrogen (secondary N) is 1. The molecular weight excluding hydrogens is 219 g/mol. The maximum Gasteiger partial charge on any atom is 0.123 e. The number of nitrogens with two attached hydrogens (primary N) is 1. The first kappa shape index (κ1) is 14.1. The minimum Gasteiger partial charge on any atom is -0.376 e. The third kappa shape index (κ3) is 3.03. The molecule has 0 amide bonds. The van der Waals surface area contributed by atoms with Gasteiger partial charge in [0.15, 0.2) is 0 Å². The van der Waals surface area contributed by atoms with Crippen molar-refractivity contribution in [2.75, 3.05) is 7.11 Å². The van der Waals surface area contributed by atoms with Crippen LogP contribution in [0, 0.1) is 12.7 Å². The maximum absolute atomic E-state index is 13.4. The minimum atomic E-state index is -0.463. The molecule has 4 heteroatoms. The van der Waals surface area contributed by atoms with Gasteiger partial charge in [0.25, 0.3) is 0 Å². The van der Waals surface area contributed by atoms with Crippen molar-refractivity contribution >= 4 is 0 Å². The predicted molar refractivity (Wildman–Crippen MR) is 66.9 cm³/mol. The van der Waals surface area contributed by atoms with E-state index in [1.54, 1.807) is 7.11 Å². The smallest absolute Gasteiger partial charge is 0.123 e. The summed E-state index contributed by atoms with van der Waals surface area (Å²) < 4.78 is 18.9. The molecule has 0 saturated carbocycles. The molecule has 96 valence electrons. The SMILES string of the molecule is CCC(C)(OC)C(NN)c1cc(C)cc(F)c1. The molecule has 17 heavy (non-hydrogen) atoms. The summed E-state index contributed by atoms with van der Waals surface area (Å²) in [6, 6.07) is 4.66. The van der Waals surface area contributed by atoms with Gasteiger partial charge >= 0.3 is 0 Å². The standard InChI is InChI=1S/C13H21FN2O/c1-5-13(3,17-4)12(16-15)10-6-9(2)7-11(14)8-10/h6-8,12,16H,5,15H2,1-4H3. The molecule has 3 nitrogen and oxygen atoms in total. The van der Waals surface area contributed by atoms with Crippen molar-refractivity contribution in [2.45, 2.75) is 38.8 Å². The van der Waals surface area contributed by atoms with E-state index in [9.17, 15) is 4.39 Å². The lowest BCUT2D eigenvalue weighted by atomic mass is 9.87. The number of ether oxygens (including phenoxy) is 1. The Bertz CT molecular complexity index is 357.